The van der Waals surface area contributed by atoms with Crippen LogP contribution < -0.4 is 4.74 Å². The van der Waals surface area contributed by atoms with E-state index in [1.807, 2.05) is 18.2 Å². The van der Waals surface area contributed by atoms with Gasteiger partial charge in [0.25, 0.3) is 0 Å². The summed E-state index contributed by atoms with van der Waals surface area (Å²) in [4.78, 5) is 12.2. The molecule has 2 aromatic carbocycles. The number of hydrogen-bond donors (Lipinski definition) is 0. The Kier molecular flexibility index (Phi) is 4.46. The molecule has 0 N–H and O–H groups in total. The van der Waals surface area contributed by atoms with E-state index in [0.29, 0.717) is 21.4 Å². The van der Waals surface area contributed by atoms with Crippen LogP contribution in [0.15, 0.2) is 42.5 Å². The van der Waals surface area contributed by atoms with Gasteiger partial charge in [-0.1, -0.05) is 41.4 Å². The molecule has 98 valence electrons. The van der Waals surface area contributed by atoms with E-state index in [1.165, 1.54) is 7.11 Å². The summed E-state index contributed by atoms with van der Waals surface area (Å²) >= 11 is 12.0. The molecule has 0 spiro atoms. The van der Waals surface area contributed by atoms with Crippen molar-refractivity contribution >= 4 is 29.0 Å². The fourth-order valence-corrected chi connectivity index (χ4v) is 2.15. The van der Waals surface area contributed by atoms with Crippen LogP contribution in [0.2, 0.25) is 10.0 Å². The molecule has 2 aromatic rings. The standard InChI is InChI=1S/C15H12Cl2O2/c1-19-15-9-11(6-7-13(15)17)14(18)8-10-4-2-3-5-12(10)16/h2-7,9H,8H2,1H3. The fourth-order valence-electron chi connectivity index (χ4n) is 1.75. The van der Waals surface area contributed by atoms with Crippen molar-refractivity contribution in [2.45, 2.75) is 6.42 Å². The van der Waals surface area contributed by atoms with Crippen molar-refractivity contribution in [2.24, 2.45) is 0 Å². The van der Waals surface area contributed by atoms with Gasteiger partial charge in [-0.25, -0.2) is 0 Å². The highest BCUT2D eigenvalue weighted by Crippen LogP contribution is 2.26. The lowest BCUT2D eigenvalue weighted by Crippen LogP contribution is -2.04. The fraction of sp³-hybridized carbons (Fsp3) is 0.133. The number of benzene rings is 2. The third-order valence-corrected chi connectivity index (χ3v) is 3.46. The molecule has 2 nitrogen and oxygen atoms in total. The van der Waals surface area contributed by atoms with Crippen LogP contribution in [0.4, 0.5) is 0 Å². The zero-order valence-corrected chi connectivity index (χ0v) is 11.8. The third-order valence-electron chi connectivity index (χ3n) is 2.78. The lowest BCUT2D eigenvalue weighted by atomic mass is 10.0. The van der Waals surface area contributed by atoms with Crippen LogP contribution in [0.1, 0.15) is 15.9 Å². The summed E-state index contributed by atoms with van der Waals surface area (Å²) in [7, 11) is 1.52. The van der Waals surface area contributed by atoms with Crippen LogP contribution in [0.3, 0.4) is 0 Å². The third kappa shape index (κ3) is 3.28. The minimum Gasteiger partial charge on any atom is -0.495 e. The lowest BCUT2D eigenvalue weighted by Gasteiger charge is -2.07. The predicted molar refractivity (Wildman–Crippen MR) is 77.5 cm³/mol. The summed E-state index contributed by atoms with van der Waals surface area (Å²) < 4.78 is 5.10. The number of ether oxygens (including phenoxy) is 1. The maximum atomic E-state index is 12.2. The highest BCUT2D eigenvalue weighted by atomic mass is 35.5. The number of methoxy groups -OCH3 is 1. The maximum Gasteiger partial charge on any atom is 0.167 e. The molecular weight excluding hydrogens is 283 g/mol. The van der Waals surface area contributed by atoms with Gasteiger partial charge in [0, 0.05) is 17.0 Å². The van der Waals surface area contributed by atoms with E-state index >= 15 is 0 Å². The van der Waals surface area contributed by atoms with Crippen LogP contribution in [0.5, 0.6) is 5.75 Å². The molecule has 4 heteroatoms. The highest BCUT2D eigenvalue weighted by Gasteiger charge is 2.11. The summed E-state index contributed by atoms with van der Waals surface area (Å²) in [6.07, 6.45) is 0.254. The molecule has 0 aliphatic carbocycles. The molecule has 0 aromatic heterocycles. The number of halogens is 2. The topological polar surface area (TPSA) is 26.3 Å². The SMILES string of the molecule is COc1cc(C(=O)Cc2ccccc2Cl)ccc1Cl. The van der Waals surface area contributed by atoms with Crippen molar-refractivity contribution in [3.8, 4) is 5.75 Å². The van der Waals surface area contributed by atoms with Crippen molar-refractivity contribution < 1.29 is 9.53 Å². The Labute approximate surface area is 121 Å². The molecule has 2 rings (SSSR count). The van der Waals surface area contributed by atoms with E-state index in [-0.39, 0.29) is 12.2 Å². The Bertz CT molecular complexity index is 609. The molecule has 0 aliphatic rings. The lowest BCUT2D eigenvalue weighted by molar-refractivity contribution is 0.0992. The van der Waals surface area contributed by atoms with Gasteiger partial charge in [0.2, 0.25) is 0 Å². The van der Waals surface area contributed by atoms with Crippen LogP contribution in [0.25, 0.3) is 0 Å². The van der Waals surface area contributed by atoms with Crippen LogP contribution >= 0.6 is 23.2 Å². The molecule has 0 aliphatic heterocycles. The average Bonchev–Trinajstić information content (AvgIpc) is 2.42. The van der Waals surface area contributed by atoms with Gasteiger partial charge >= 0.3 is 0 Å². The molecule has 0 saturated heterocycles. The minimum atomic E-state index is -0.0249. The van der Waals surface area contributed by atoms with Crippen molar-refractivity contribution in [3.05, 3.63) is 63.6 Å². The molecule has 0 atom stereocenters. The van der Waals surface area contributed by atoms with Crippen molar-refractivity contribution in [1.82, 2.24) is 0 Å². The molecule has 19 heavy (non-hydrogen) atoms. The van der Waals surface area contributed by atoms with Crippen LogP contribution in [-0.2, 0) is 6.42 Å². The normalized spacial score (nSPS) is 10.3. The van der Waals surface area contributed by atoms with E-state index in [1.54, 1.807) is 24.3 Å². The largest absolute Gasteiger partial charge is 0.495 e. The summed E-state index contributed by atoms with van der Waals surface area (Å²) in [5, 5.41) is 1.08. The van der Waals surface area contributed by atoms with Crippen molar-refractivity contribution in [2.75, 3.05) is 7.11 Å². The minimum absolute atomic E-state index is 0.0249. The predicted octanol–water partition coefficient (Wildman–Crippen LogP) is 4.43. The van der Waals surface area contributed by atoms with Gasteiger partial charge < -0.3 is 4.74 Å². The van der Waals surface area contributed by atoms with E-state index in [0.717, 1.165) is 5.56 Å². The van der Waals surface area contributed by atoms with Crippen molar-refractivity contribution in [1.29, 1.82) is 0 Å². The molecule has 0 amide bonds. The van der Waals surface area contributed by atoms with Gasteiger partial charge in [-0.15, -0.1) is 0 Å². The molecule has 0 unspecified atom stereocenters. The van der Waals surface area contributed by atoms with Crippen molar-refractivity contribution in [3.63, 3.8) is 0 Å². The van der Waals surface area contributed by atoms with Gasteiger partial charge in [0.05, 0.1) is 12.1 Å². The number of hydrogen-bond acceptors (Lipinski definition) is 2. The van der Waals surface area contributed by atoms with Crippen LogP contribution in [0, 0.1) is 0 Å². The first kappa shape index (κ1) is 13.9. The van der Waals surface area contributed by atoms with Gasteiger partial charge in [-0.2, -0.15) is 0 Å². The summed E-state index contributed by atoms with van der Waals surface area (Å²) in [5.74, 6) is 0.467. The Balaban J connectivity index is 2.23. The second-order valence-electron chi connectivity index (χ2n) is 4.04. The van der Waals surface area contributed by atoms with E-state index < -0.39 is 0 Å². The zero-order valence-electron chi connectivity index (χ0n) is 10.3. The molecule has 0 bridgehead atoms. The Morgan fingerprint density at radius 3 is 2.53 bits per heavy atom. The summed E-state index contributed by atoms with van der Waals surface area (Å²) in [5.41, 5.74) is 1.37. The smallest absolute Gasteiger partial charge is 0.167 e. The number of carbonyl (C=O) groups is 1. The van der Waals surface area contributed by atoms with E-state index in [2.05, 4.69) is 0 Å². The first-order valence-corrected chi connectivity index (χ1v) is 6.47. The van der Waals surface area contributed by atoms with Gasteiger partial charge in [0.1, 0.15) is 5.75 Å². The first-order valence-electron chi connectivity index (χ1n) is 5.72. The molecule has 0 fully saturated rings. The first-order chi connectivity index (χ1) is 9.11. The zero-order chi connectivity index (χ0) is 13.8. The molecule has 0 heterocycles. The Morgan fingerprint density at radius 1 is 1.11 bits per heavy atom. The van der Waals surface area contributed by atoms with Gasteiger partial charge in [-0.3, -0.25) is 4.79 Å². The molecule has 0 radical (unpaired) electrons. The number of rotatable bonds is 4. The second-order valence-corrected chi connectivity index (χ2v) is 4.86. The molecule has 0 saturated carbocycles. The number of carbonyl (C=O) groups excluding carboxylic acids is 1. The maximum absolute atomic E-state index is 12.2. The molecular formula is C15H12Cl2O2. The summed E-state index contributed by atoms with van der Waals surface area (Å²) in [6.45, 7) is 0. The number of ketones is 1. The average molecular weight is 295 g/mol. The quantitative estimate of drug-likeness (QED) is 0.780. The van der Waals surface area contributed by atoms with Gasteiger partial charge in [0.15, 0.2) is 5.78 Å². The Morgan fingerprint density at radius 2 is 1.84 bits per heavy atom. The number of Topliss-reactive ketones (excluding diaryl/α,β-unsaturated/α-hetero) is 1. The monoisotopic (exact) mass is 294 g/mol. The van der Waals surface area contributed by atoms with Crippen LogP contribution in [-0.4, -0.2) is 12.9 Å². The van der Waals surface area contributed by atoms with Gasteiger partial charge in [-0.05, 0) is 29.8 Å². The highest BCUT2D eigenvalue weighted by molar-refractivity contribution is 6.32. The second kappa shape index (κ2) is 6.09. The van der Waals surface area contributed by atoms with E-state index in [9.17, 15) is 4.79 Å². The summed E-state index contributed by atoms with van der Waals surface area (Å²) in [6, 6.07) is 12.3. The van der Waals surface area contributed by atoms with E-state index in [4.69, 9.17) is 27.9 Å². The Hall–Kier alpha value is -1.51.